The molecular weight excluding hydrogens is 386 g/mol. The first-order chi connectivity index (χ1) is 13.3. The van der Waals surface area contributed by atoms with Crippen LogP contribution in [0.15, 0.2) is 47.4 Å². The molecule has 8 heteroatoms. The first kappa shape index (κ1) is 20.3. The molecule has 1 aliphatic heterocycles. The van der Waals surface area contributed by atoms with Crippen molar-refractivity contribution in [2.24, 2.45) is 0 Å². The Morgan fingerprint density at radius 3 is 2.46 bits per heavy atom. The Bertz CT molecular complexity index is 962. The monoisotopic (exact) mass is 408 g/mol. The van der Waals surface area contributed by atoms with Crippen LogP contribution in [-0.4, -0.2) is 31.8 Å². The van der Waals surface area contributed by atoms with Gasteiger partial charge in [-0.25, -0.2) is 17.2 Å². The summed E-state index contributed by atoms with van der Waals surface area (Å²) in [7, 11) is -4.07. The van der Waals surface area contributed by atoms with Gasteiger partial charge >= 0.3 is 0 Å². The fourth-order valence-electron chi connectivity index (χ4n) is 3.40. The average Bonchev–Trinajstić information content (AvgIpc) is 2.69. The van der Waals surface area contributed by atoms with Crippen LogP contribution in [0.5, 0.6) is 0 Å². The third-order valence-electron chi connectivity index (χ3n) is 4.94. The van der Waals surface area contributed by atoms with Crippen molar-refractivity contribution < 1.29 is 22.0 Å². The van der Waals surface area contributed by atoms with Gasteiger partial charge in [-0.15, -0.1) is 0 Å². The number of amides is 1. The second-order valence-corrected chi connectivity index (χ2v) is 8.50. The van der Waals surface area contributed by atoms with Gasteiger partial charge in [-0.05, 0) is 68.1 Å². The number of rotatable bonds is 5. The van der Waals surface area contributed by atoms with E-state index >= 15 is 0 Å². The van der Waals surface area contributed by atoms with Gasteiger partial charge in [-0.3, -0.25) is 9.52 Å². The summed E-state index contributed by atoms with van der Waals surface area (Å²) in [6.07, 6.45) is 3.99. The Labute approximate surface area is 163 Å². The molecule has 0 aromatic heterocycles. The summed E-state index contributed by atoms with van der Waals surface area (Å²) in [5.74, 6) is -2.43. The van der Waals surface area contributed by atoms with Crippen LogP contribution in [-0.2, 0) is 10.0 Å². The third kappa shape index (κ3) is 4.32. The van der Waals surface area contributed by atoms with Gasteiger partial charge in [0.05, 0.1) is 4.90 Å². The van der Waals surface area contributed by atoms with Gasteiger partial charge in [0.15, 0.2) is 11.6 Å². The van der Waals surface area contributed by atoms with Gasteiger partial charge in [-0.2, -0.15) is 0 Å². The summed E-state index contributed by atoms with van der Waals surface area (Å²) in [4.78, 5) is 14.3. The SMILES string of the molecule is CCC1CCCCN1C(=O)c1ccc(NS(=O)(=O)c2ccc(F)c(F)c2)cc1. The van der Waals surface area contributed by atoms with Crippen LogP contribution in [0.4, 0.5) is 14.5 Å². The van der Waals surface area contributed by atoms with Crippen LogP contribution < -0.4 is 4.72 Å². The van der Waals surface area contributed by atoms with E-state index in [1.807, 2.05) is 4.90 Å². The Morgan fingerprint density at radius 1 is 1.11 bits per heavy atom. The minimum absolute atomic E-state index is 0.0680. The number of carbonyl (C=O) groups is 1. The van der Waals surface area contributed by atoms with Gasteiger partial charge in [0.1, 0.15) is 0 Å². The zero-order valence-electron chi connectivity index (χ0n) is 15.5. The molecule has 28 heavy (non-hydrogen) atoms. The molecule has 2 aromatic carbocycles. The molecule has 1 amide bonds. The molecule has 0 radical (unpaired) electrons. The predicted molar refractivity (Wildman–Crippen MR) is 103 cm³/mol. The number of anilines is 1. The molecule has 1 fully saturated rings. The van der Waals surface area contributed by atoms with Gasteiger partial charge in [-0.1, -0.05) is 6.92 Å². The third-order valence-corrected chi connectivity index (χ3v) is 6.32. The molecule has 1 aliphatic rings. The summed E-state index contributed by atoms with van der Waals surface area (Å²) in [6.45, 7) is 2.79. The number of sulfonamides is 1. The van der Waals surface area contributed by atoms with E-state index in [1.165, 1.54) is 12.1 Å². The summed E-state index contributed by atoms with van der Waals surface area (Å²) < 4.78 is 53.3. The lowest BCUT2D eigenvalue weighted by atomic mass is 9.99. The fourth-order valence-corrected chi connectivity index (χ4v) is 4.47. The number of nitrogens with zero attached hydrogens (tertiary/aromatic N) is 1. The summed E-state index contributed by atoms with van der Waals surface area (Å²) in [6, 6.07) is 8.68. The number of nitrogens with one attached hydrogen (secondary N) is 1. The minimum Gasteiger partial charge on any atom is -0.336 e. The van der Waals surface area contributed by atoms with Crippen LogP contribution in [0.2, 0.25) is 0 Å². The number of likely N-dealkylation sites (tertiary alicyclic amines) is 1. The molecule has 150 valence electrons. The normalized spacial score (nSPS) is 17.4. The van der Waals surface area contributed by atoms with Crippen LogP contribution in [0, 0.1) is 11.6 Å². The topological polar surface area (TPSA) is 66.5 Å². The molecule has 0 bridgehead atoms. The molecule has 3 rings (SSSR count). The van der Waals surface area contributed by atoms with Crippen molar-refractivity contribution in [1.82, 2.24) is 4.90 Å². The van der Waals surface area contributed by atoms with Gasteiger partial charge in [0.25, 0.3) is 15.9 Å². The molecule has 1 unspecified atom stereocenters. The van der Waals surface area contributed by atoms with Gasteiger partial charge in [0, 0.05) is 23.8 Å². The van der Waals surface area contributed by atoms with Crippen molar-refractivity contribution in [3.63, 3.8) is 0 Å². The molecule has 0 saturated carbocycles. The van der Waals surface area contributed by atoms with Crippen molar-refractivity contribution >= 4 is 21.6 Å². The predicted octanol–water partition coefficient (Wildman–Crippen LogP) is 4.17. The van der Waals surface area contributed by atoms with E-state index in [-0.39, 0.29) is 22.5 Å². The van der Waals surface area contributed by atoms with Crippen molar-refractivity contribution in [3.05, 3.63) is 59.7 Å². The smallest absolute Gasteiger partial charge is 0.261 e. The van der Waals surface area contributed by atoms with Crippen molar-refractivity contribution in [3.8, 4) is 0 Å². The maximum absolute atomic E-state index is 13.3. The highest BCUT2D eigenvalue weighted by Gasteiger charge is 2.26. The van der Waals surface area contributed by atoms with Crippen LogP contribution in [0.25, 0.3) is 0 Å². The number of piperidine rings is 1. The van der Waals surface area contributed by atoms with Crippen LogP contribution >= 0.6 is 0 Å². The van der Waals surface area contributed by atoms with E-state index in [2.05, 4.69) is 11.6 Å². The lowest BCUT2D eigenvalue weighted by Crippen LogP contribution is -2.43. The molecule has 2 aromatic rings. The van der Waals surface area contributed by atoms with Crippen LogP contribution in [0.1, 0.15) is 43.0 Å². The first-order valence-electron chi connectivity index (χ1n) is 9.20. The zero-order chi connectivity index (χ0) is 20.3. The lowest BCUT2D eigenvalue weighted by Gasteiger charge is -2.35. The molecular formula is C20H22F2N2O3S. The number of hydrogen-bond acceptors (Lipinski definition) is 3. The van der Waals surface area contributed by atoms with E-state index in [0.29, 0.717) is 11.6 Å². The second-order valence-electron chi connectivity index (χ2n) is 6.82. The maximum atomic E-state index is 13.3. The average molecular weight is 408 g/mol. The van der Waals surface area contributed by atoms with Crippen molar-refractivity contribution in [1.29, 1.82) is 0 Å². The number of benzene rings is 2. The Kier molecular flexibility index (Phi) is 5.98. The van der Waals surface area contributed by atoms with Crippen molar-refractivity contribution in [2.45, 2.75) is 43.5 Å². The highest BCUT2D eigenvalue weighted by atomic mass is 32.2. The summed E-state index contributed by atoms with van der Waals surface area (Å²) >= 11 is 0. The highest BCUT2D eigenvalue weighted by Crippen LogP contribution is 2.23. The van der Waals surface area contributed by atoms with Crippen molar-refractivity contribution in [2.75, 3.05) is 11.3 Å². The molecule has 0 aliphatic carbocycles. The zero-order valence-corrected chi connectivity index (χ0v) is 16.3. The number of halogens is 2. The molecule has 1 saturated heterocycles. The Balaban J connectivity index is 1.75. The first-order valence-corrected chi connectivity index (χ1v) is 10.7. The number of hydrogen-bond donors (Lipinski definition) is 1. The molecule has 0 spiro atoms. The minimum atomic E-state index is -4.07. The van der Waals surface area contributed by atoms with E-state index in [1.54, 1.807) is 12.1 Å². The summed E-state index contributed by atoms with van der Waals surface area (Å²) in [5.41, 5.74) is 0.711. The molecule has 1 atom stereocenters. The summed E-state index contributed by atoms with van der Waals surface area (Å²) in [5, 5.41) is 0. The fraction of sp³-hybridized carbons (Fsp3) is 0.350. The second kappa shape index (κ2) is 8.26. The van der Waals surface area contributed by atoms with E-state index in [9.17, 15) is 22.0 Å². The van der Waals surface area contributed by atoms with E-state index in [4.69, 9.17) is 0 Å². The largest absolute Gasteiger partial charge is 0.336 e. The molecule has 5 nitrogen and oxygen atoms in total. The van der Waals surface area contributed by atoms with E-state index < -0.39 is 21.7 Å². The number of carbonyl (C=O) groups excluding carboxylic acids is 1. The quantitative estimate of drug-likeness (QED) is 0.808. The Morgan fingerprint density at radius 2 is 1.82 bits per heavy atom. The van der Waals surface area contributed by atoms with Crippen LogP contribution in [0.3, 0.4) is 0 Å². The van der Waals surface area contributed by atoms with Gasteiger partial charge in [0.2, 0.25) is 0 Å². The van der Waals surface area contributed by atoms with Gasteiger partial charge < -0.3 is 4.90 Å². The lowest BCUT2D eigenvalue weighted by molar-refractivity contribution is 0.0608. The van der Waals surface area contributed by atoms with E-state index in [0.717, 1.165) is 44.4 Å². The molecule has 1 N–H and O–H groups in total. The highest BCUT2D eigenvalue weighted by molar-refractivity contribution is 7.92. The standard InChI is InChI=1S/C20H22F2N2O3S/c1-2-16-5-3-4-12-24(16)20(25)14-6-8-15(9-7-14)23-28(26,27)17-10-11-18(21)19(22)13-17/h6-11,13,16,23H,2-5,12H2,1H3. The molecule has 1 heterocycles. The Hall–Kier alpha value is -2.48. The maximum Gasteiger partial charge on any atom is 0.261 e.